The maximum Gasteiger partial charge on any atom is 0.308 e. The van der Waals surface area contributed by atoms with E-state index >= 15 is 0 Å². The van der Waals surface area contributed by atoms with Gasteiger partial charge in [0.05, 0.1) is 10.5 Å². The third-order valence-electron chi connectivity index (χ3n) is 1.59. The number of rotatable bonds is 2. The smallest absolute Gasteiger partial charge is 0.308 e. The third-order valence-corrected chi connectivity index (χ3v) is 1.59. The van der Waals surface area contributed by atoms with Crippen LogP contribution in [0, 0.1) is 27.6 Å². The molecule has 0 aliphatic carbocycles. The molecular weight excluding hydrogens is 217 g/mol. The molecule has 0 aliphatic heterocycles. The minimum absolute atomic E-state index is 0.246. The van der Waals surface area contributed by atoms with E-state index in [1.165, 1.54) is 0 Å². The molecular formula is C7H3F3N2O3. The van der Waals surface area contributed by atoms with Crippen molar-refractivity contribution in [3.63, 3.8) is 0 Å². The van der Waals surface area contributed by atoms with Crippen LogP contribution in [0.1, 0.15) is 10.4 Å². The van der Waals surface area contributed by atoms with Crippen LogP contribution in [-0.4, -0.2) is 10.8 Å². The molecule has 0 saturated heterocycles. The Labute approximate surface area is 80.4 Å². The highest BCUT2D eigenvalue weighted by Gasteiger charge is 2.27. The molecule has 15 heavy (non-hydrogen) atoms. The molecule has 0 unspecified atom stereocenters. The summed E-state index contributed by atoms with van der Waals surface area (Å²) < 4.78 is 38.3. The normalized spacial score (nSPS) is 10.1. The molecule has 0 aliphatic rings. The van der Waals surface area contributed by atoms with Gasteiger partial charge in [-0.15, -0.1) is 0 Å². The van der Waals surface area contributed by atoms with Crippen LogP contribution in [0.25, 0.3) is 0 Å². The molecule has 0 bridgehead atoms. The van der Waals surface area contributed by atoms with Gasteiger partial charge in [0.25, 0.3) is 5.91 Å². The molecule has 2 N–H and O–H groups in total. The predicted octanol–water partition coefficient (Wildman–Crippen LogP) is 1.11. The summed E-state index contributed by atoms with van der Waals surface area (Å²) in [5.41, 5.74) is 2.20. The largest absolute Gasteiger partial charge is 0.366 e. The zero-order chi connectivity index (χ0) is 11.7. The molecule has 0 heterocycles. The number of amides is 1. The third kappa shape index (κ3) is 1.73. The van der Waals surface area contributed by atoms with E-state index in [-0.39, 0.29) is 6.07 Å². The first-order chi connectivity index (χ1) is 6.86. The Morgan fingerprint density at radius 1 is 1.27 bits per heavy atom. The Bertz CT molecular complexity index is 423. The van der Waals surface area contributed by atoms with Gasteiger partial charge in [-0.3, -0.25) is 14.9 Å². The number of nitro benzene ring substituents is 1. The summed E-state index contributed by atoms with van der Waals surface area (Å²) in [5.74, 6) is -7.33. The SMILES string of the molecule is NC(=O)c1cc([N+](=O)[O-])c(F)c(F)c1F. The molecule has 1 aromatic carbocycles. The second-order valence-corrected chi connectivity index (χ2v) is 2.51. The van der Waals surface area contributed by atoms with Crippen LogP contribution >= 0.6 is 0 Å². The lowest BCUT2D eigenvalue weighted by Gasteiger charge is -2.01. The van der Waals surface area contributed by atoms with E-state index in [1.807, 2.05) is 0 Å². The molecule has 0 fully saturated rings. The monoisotopic (exact) mass is 220 g/mol. The van der Waals surface area contributed by atoms with Gasteiger partial charge in [0.2, 0.25) is 11.6 Å². The van der Waals surface area contributed by atoms with Crippen molar-refractivity contribution in [2.75, 3.05) is 0 Å². The number of carbonyl (C=O) groups excluding carboxylic acids is 1. The topological polar surface area (TPSA) is 86.2 Å². The van der Waals surface area contributed by atoms with E-state index in [9.17, 15) is 28.1 Å². The number of benzene rings is 1. The van der Waals surface area contributed by atoms with Crippen molar-refractivity contribution < 1.29 is 22.9 Å². The molecule has 5 nitrogen and oxygen atoms in total. The van der Waals surface area contributed by atoms with E-state index in [1.54, 1.807) is 0 Å². The number of hydrogen-bond donors (Lipinski definition) is 1. The summed E-state index contributed by atoms with van der Waals surface area (Å²) >= 11 is 0. The lowest BCUT2D eigenvalue weighted by atomic mass is 10.1. The number of halogens is 3. The fourth-order valence-corrected chi connectivity index (χ4v) is 0.903. The van der Waals surface area contributed by atoms with Crippen LogP contribution in [0.5, 0.6) is 0 Å². The number of nitro groups is 1. The fraction of sp³-hybridized carbons (Fsp3) is 0. The van der Waals surface area contributed by atoms with Crippen molar-refractivity contribution in [3.05, 3.63) is 39.2 Å². The maximum absolute atomic E-state index is 12.8. The van der Waals surface area contributed by atoms with Gasteiger partial charge in [0, 0.05) is 6.07 Å². The highest BCUT2D eigenvalue weighted by Crippen LogP contribution is 2.24. The maximum atomic E-state index is 12.8. The highest BCUT2D eigenvalue weighted by atomic mass is 19.2. The Balaban J connectivity index is 3.59. The predicted molar refractivity (Wildman–Crippen MR) is 41.5 cm³/mol. The summed E-state index contributed by atoms with van der Waals surface area (Å²) in [6.07, 6.45) is 0. The summed E-state index contributed by atoms with van der Waals surface area (Å²) in [6, 6.07) is 0.246. The van der Waals surface area contributed by atoms with Crippen LogP contribution < -0.4 is 5.73 Å². The lowest BCUT2D eigenvalue weighted by molar-refractivity contribution is -0.387. The zero-order valence-electron chi connectivity index (χ0n) is 6.96. The van der Waals surface area contributed by atoms with E-state index < -0.39 is 39.5 Å². The first kappa shape index (κ1) is 11.0. The number of hydrogen-bond acceptors (Lipinski definition) is 3. The van der Waals surface area contributed by atoms with Crippen LogP contribution in [0.15, 0.2) is 6.07 Å². The van der Waals surface area contributed by atoms with Gasteiger partial charge in [0.1, 0.15) is 0 Å². The molecule has 8 heteroatoms. The molecule has 0 saturated carbocycles. The Morgan fingerprint density at radius 3 is 2.20 bits per heavy atom. The molecule has 80 valence electrons. The fourth-order valence-electron chi connectivity index (χ4n) is 0.903. The van der Waals surface area contributed by atoms with Crippen molar-refractivity contribution in [2.24, 2.45) is 5.73 Å². The summed E-state index contributed by atoms with van der Waals surface area (Å²) in [7, 11) is 0. The van der Waals surface area contributed by atoms with Crippen molar-refractivity contribution in [3.8, 4) is 0 Å². The number of nitrogens with zero attached hydrogens (tertiary/aromatic N) is 1. The highest BCUT2D eigenvalue weighted by molar-refractivity contribution is 5.93. The summed E-state index contributed by atoms with van der Waals surface area (Å²) in [6.45, 7) is 0. The van der Waals surface area contributed by atoms with E-state index in [4.69, 9.17) is 0 Å². The lowest BCUT2D eigenvalue weighted by Crippen LogP contribution is -2.15. The van der Waals surface area contributed by atoms with E-state index in [0.717, 1.165) is 0 Å². The van der Waals surface area contributed by atoms with Crippen LogP contribution in [0.4, 0.5) is 18.9 Å². The minimum atomic E-state index is -2.10. The van der Waals surface area contributed by atoms with Gasteiger partial charge in [-0.25, -0.2) is 8.78 Å². The Hall–Kier alpha value is -2.12. The summed E-state index contributed by atoms with van der Waals surface area (Å²) in [5, 5.41) is 10.2. The molecule has 0 aromatic heterocycles. The number of carbonyl (C=O) groups is 1. The Kier molecular flexibility index (Phi) is 2.60. The van der Waals surface area contributed by atoms with Crippen molar-refractivity contribution in [1.82, 2.24) is 0 Å². The van der Waals surface area contributed by atoms with E-state index in [0.29, 0.717) is 0 Å². The number of primary amides is 1. The molecule has 1 aromatic rings. The first-order valence-corrected chi connectivity index (χ1v) is 3.48. The first-order valence-electron chi connectivity index (χ1n) is 3.48. The average molecular weight is 220 g/mol. The molecule has 0 spiro atoms. The average Bonchev–Trinajstić information content (AvgIpc) is 2.13. The second-order valence-electron chi connectivity index (χ2n) is 2.51. The molecule has 0 atom stereocenters. The zero-order valence-corrected chi connectivity index (χ0v) is 6.96. The van der Waals surface area contributed by atoms with Gasteiger partial charge >= 0.3 is 5.69 Å². The van der Waals surface area contributed by atoms with E-state index in [2.05, 4.69) is 5.73 Å². The Morgan fingerprint density at radius 2 is 1.80 bits per heavy atom. The minimum Gasteiger partial charge on any atom is -0.366 e. The van der Waals surface area contributed by atoms with Gasteiger partial charge < -0.3 is 5.73 Å². The molecule has 1 amide bonds. The van der Waals surface area contributed by atoms with Gasteiger partial charge in [-0.2, -0.15) is 4.39 Å². The van der Waals surface area contributed by atoms with Gasteiger partial charge in [-0.05, 0) is 0 Å². The van der Waals surface area contributed by atoms with Crippen LogP contribution in [0.2, 0.25) is 0 Å². The van der Waals surface area contributed by atoms with Crippen LogP contribution in [-0.2, 0) is 0 Å². The van der Waals surface area contributed by atoms with Crippen molar-refractivity contribution >= 4 is 11.6 Å². The standard InChI is InChI=1S/C7H3F3N2O3/c8-4-2(7(11)13)1-3(12(14)15)5(9)6(4)10/h1H,(H2,11,13). The summed E-state index contributed by atoms with van der Waals surface area (Å²) in [4.78, 5) is 19.4. The van der Waals surface area contributed by atoms with Crippen LogP contribution in [0.3, 0.4) is 0 Å². The molecule has 1 rings (SSSR count). The number of nitrogens with two attached hydrogens (primary N) is 1. The van der Waals surface area contributed by atoms with Gasteiger partial charge in [0.15, 0.2) is 5.82 Å². The van der Waals surface area contributed by atoms with Crippen molar-refractivity contribution in [2.45, 2.75) is 0 Å². The second kappa shape index (κ2) is 3.56. The van der Waals surface area contributed by atoms with Crippen molar-refractivity contribution in [1.29, 1.82) is 0 Å². The molecule has 0 radical (unpaired) electrons. The van der Waals surface area contributed by atoms with Gasteiger partial charge in [-0.1, -0.05) is 0 Å². The quantitative estimate of drug-likeness (QED) is 0.460.